The molecule has 0 bridgehead atoms. The molecular formula is C38H32OSi. The molecule has 0 atom stereocenters. The molecule has 0 radical (unpaired) electrons. The van der Waals surface area contributed by atoms with Crippen LogP contribution in [0.2, 0.25) is 0 Å². The van der Waals surface area contributed by atoms with Crippen molar-refractivity contribution in [3.05, 3.63) is 204 Å². The molecule has 0 saturated carbocycles. The summed E-state index contributed by atoms with van der Waals surface area (Å²) >= 11 is 0. The highest BCUT2D eigenvalue weighted by atomic mass is 28.4. The summed E-state index contributed by atoms with van der Waals surface area (Å²) in [6.45, 7) is 0. The molecule has 0 unspecified atom stereocenters. The minimum Gasteiger partial charge on any atom is -0.396 e. The number of hydrogen-bond acceptors (Lipinski definition) is 1. The van der Waals surface area contributed by atoms with Gasteiger partial charge < -0.3 is 4.43 Å². The highest BCUT2D eigenvalue weighted by Crippen LogP contribution is 2.39. The van der Waals surface area contributed by atoms with E-state index in [2.05, 4.69) is 182 Å². The van der Waals surface area contributed by atoms with Crippen molar-refractivity contribution in [1.29, 1.82) is 0 Å². The minimum absolute atomic E-state index is 0.00891. The van der Waals surface area contributed by atoms with E-state index in [1.54, 1.807) is 0 Å². The van der Waals surface area contributed by atoms with Gasteiger partial charge in [0.05, 0.1) is 6.10 Å². The molecule has 0 heterocycles. The van der Waals surface area contributed by atoms with Gasteiger partial charge in [-0.05, 0) is 32.6 Å². The first-order valence-corrected chi connectivity index (χ1v) is 15.8. The molecule has 6 aromatic rings. The fourth-order valence-corrected chi connectivity index (χ4v) is 10.5. The minimum atomic E-state index is -3.09. The molecule has 194 valence electrons. The van der Waals surface area contributed by atoms with Crippen LogP contribution in [0.25, 0.3) is 0 Å². The third-order valence-corrected chi connectivity index (χ3v) is 12.1. The molecule has 6 rings (SSSR count). The molecular weight excluding hydrogens is 501 g/mol. The van der Waals surface area contributed by atoms with Crippen LogP contribution in [0.1, 0.15) is 33.9 Å². The van der Waals surface area contributed by atoms with Gasteiger partial charge >= 0.3 is 0 Å². The van der Waals surface area contributed by atoms with Crippen LogP contribution in [0.15, 0.2) is 182 Å². The van der Waals surface area contributed by atoms with Gasteiger partial charge in [-0.1, -0.05) is 182 Å². The summed E-state index contributed by atoms with van der Waals surface area (Å²) in [5.41, 5.74) is 4.82. The maximum absolute atomic E-state index is 7.89. The summed E-state index contributed by atoms with van der Waals surface area (Å²) in [6.07, 6.45) is -0.246. The van der Waals surface area contributed by atoms with Crippen molar-refractivity contribution in [2.24, 2.45) is 0 Å². The Hall–Kier alpha value is -4.50. The summed E-state index contributed by atoms with van der Waals surface area (Å²) in [5.74, 6) is 0. The van der Waals surface area contributed by atoms with E-state index >= 15 is 0 Å². The van der Waals surface area contributed by atoms with E-state index in [0.717, 1.165) is 11.1 Å². The topological polar surface area (TPSA) is 9.23 Å². The van der Waals surface area contributed by atoms with Gasteiger partial charge in [-0.25, -0.2) is 0 Å². The largest absolute Gasteiger partial charge is 0.396 e. The van der Waals surface area contributed by atoms with Crippen LogP contribution in [0.4, 0.5) is 0 Å². The summed E-state index contributed by atoms with van der Waals surface area (Å²) < 4.78 is 7.89. The second-order valence-electron chi connectivity index (χ2n) is 10.0. The highest BCUT2D eigenvalue weighted by molar-refractivity contribution is 6.99. The molecule has 6 aromatic carbocycles. The summed E-state index contributed by atoms with van der Waals surface area (Å²) in [5, 5.41) is 2.49. The van der Waals surface area contributed by atoms with Crippen molar-refractivity contribution in [3.63, 3.8) is 0 Å². The van der Waals surface area contributed by atoms with Crippen LogP contribution < -0.4 is 10.4 Å². The quantitative estimate of drug-likeness (QED) is 0.172. The SMILES string of the molecule is c1ccc(C(O[Si](c2ccccc2)(c2ccccc2)C(c2ccccc2)c2ccccc2)c2ccccc2)cc1. The second kappa shape index (κ2) is 12.1. The van der Waals surface area contributed by atoms with Crippen LogP contribution in [-0.2, 0) is 4.43 Å². The smallest absolute Gasteiger partial charge is 0.268 e. The van der Waals surface area contributed by atoms with Crippen LogP contribution in [-0.4, -0.2) is 8.32 Å². The molecule has 40 heavy (non-hydrogen) atoms. The van der Waals surface area contributed by atoms with E-state index in [4.69, 9.17) is 4.43 Å². The zero-order valence-electron chi connectivity index (χ0n) is 22.4. The summed E-state index contributed by atoms with van der Waals surface area (Å²) in [7, 11) is -3.09. The molecule has 0 aliphatic carbocycles. The highest BCUT2D eigenvalue weighted by Gasteiger charge is 2.50. The molecule has 0 aromatic heterocycles. The lowest BCUT2D eigenvalue weighted by Gasteiger charge is -2.42. The average Bonchev–Trinajstić information content (AvgIpc) is 3.05. The first-order chi connectivity index (χ1) is 19.9. The fraction of sp³-hybridized carbons (Fsp3) is 0.0526. The monoisotopic (exact) mass is 532 g/mol. The maximum Gasteiger partial charge on any atom is 0.268 e. The van der Waals surface area contributed by atoms with Gasteiger partial charge in [-0.15, -0.1) is 0 Å². The normalized spacial score (nSPS) is 11.6. The Morgan fingerprint density at radius 1 is 0.325 bits per heavy atom. The van der Waals surface area contributed by atoms with E-state index in [1.165, 1.54) is 21.5 Å². The van der Waals surface area contributed by atoms with Crippen LogP contribution in [0.5, 0.6) is 0 Å². The zero-order valence-corrected chi connectivity index (χ0v) is 23.4. The van der Waals surface area contributed by atoms with Crippen LogP contribution >= 0.6 is 0 Å². The van der Waals surface area contributed by atoms with Crippen molar-refractivity contribution in [2.45, 2.75) is 11.6 Å². The maximum atomic E-state index is 7.89. The van der Waals surface area contributed by atoms with Gasteiger partial charge in [0.15, 0.2) is 0 Å². The molecule has 0 spiro atoms. The Labute approximate surface area is 238 Å². The summed E-state index contributed by atoms with van der Waals surface area (Å²) in [6, 6.07) is 65.0. The molecule has 2 heteroatoms. The standard InChI is InChI=1S/C38H32OSi/c1-7-19-31(20-8-1)37(32-21-9-2-10-22-32)39-40(35-27-15-5-16-28-35,36-29-17-6-18-30-36)38(33-23-11-3-12-24-33)34-25-13-4-14-26-34/h1-30,37-38H. The van der Waals surface area contributed by atoms with E-state index in [1.807, 2.05) is 0 Å². The van der Waals surface area contributed by atoms with Crippen molar-refractivity contribution >= 4 is 18.7 Å². The van der Waals surface area contributed by atoms with Gasteiger partial charge in [0.25, 0.3) is 8.32 Å². The predicted octanol–water partition coefficient (Wildman–Crippen LogP) is 7.92. The third-order valence-electron chi connectivity index (χ3n) is 7.59. The molecule has 0 saturated heterocycles. The average molecular weight is 533 g/mol. The Bertz CT molecular complexity index is 1470. The van der Waals surface area contributed by atoms with Gasteiger partial charge in [0, 0.05) is 5.54 Å². The molecule has 0 aliphatic heterocycles. The van der Waals surface area contributed by atoms with Gasteiger partial charge in [0.2, 0.25) is 0 Å². The lowest BCUT2D eigenvalue weighted by molar-refractivity contribution is 0.240. The van der Waals surface area contributed by atoms with E-state index < -0.39 is 8.32 Å². The molecule has 1 nitrogen and oxygen atoms in total. The molecule has 0 amide bonds. The Balaban J connectivity index is 1.69. The van der Waals surface area contributed by atoms with Gasteiger partial charge in [-0.2, -0.15) is 0 Å². The molecule has 0 aliphatic rings. The van der Waals surface area contributed by atoms with Crippen molar-refractivity contribution < 1.29 is 4.43 Å². The molecule has 0 N–H and O–H groups in total. The Morgan fingerprint density at radius 2 is 0.600 bits per heavy atom. The van der Waals surface area contributed by atoms with Crippen LogP contribution in [0, 0.1) is 0 Å². The second-order valence-corrected chi connectivity index (χ2v) is 13.5. The van der Waals surface area contributed by atoms with E-state index in [0.29, 0.717) is 0 Å². The third kappa shape index (κ3) is 5.20. The number of rotatable bonds is 9. The molecule has 0 fully saturated rings. The van der Waals surface area contributed by atoms with Gasteiger partial charge in [-0.3, -0.25) is 0 Å². The Kier molecular flexibility index (Phi) is 7.81. The lowest BCUT2D eigenvalue weighted by atomic mass is 10.0. The van der Waals surface area contributed by atoms with Crippen molar-refractivity contribution in [1.82, 2.24) is 0 Å². The van der Waals surface area contributed by atoms with Crippen LogP contribution in [0.3, 0.4) is 0 Å². The van der Waals surface area contributed by atoms with Crippen molar-refractivity contribution in [2.75, 3.05) is 0 Å². The number of hydrogen-bond donors (Lipinski definition) is 0. The summed E-state index contributed by atoms with van der Waals surface area (Å²) in [4.78, 5) is 0. The predicted molar refractivity (Wildman–Crippen MR) is 168 cm³/mol. The van der Waals surface area contributed by atoms with E-state index in [9.17, 15) is 0 Å². The first-order valence-electron chi connectivity index (χ1n) is 13.8. The van der Waals surface area contributed by atoms with Gasteiger partial charge in [0.1, 0.15) is 0 Å². The first kappa shape index (κ1) is 25.8. The fourth-order valence-electron chi connectivity index (χ4n) is 5.80. The van der Waals surface area contributed by atoms with Crippen molar-refractivity contribution in [3.8, 4) is 0 Å². The number of benzene rings is 6. The lowest BCUT2D eigenvalue weighted by Crippen LogP contribution is -2.65. The Morgan fingerprint density at radius 3 is 0.925 bits per heavy atom. The van der Waals surface area contributed by atoms with E-state index in [-0.39, 0.29) is 11.6 Å². The zero-order chi connectivity index (χ0) is 27.0.